The van der Waals surface area contributed by atoms with Gasteiger partial charge in [0.15, 0.2) is 5.69 Å². The summed E-state index contributed by atoms with van der Waals surface area (Å²) >= 11 is 0. The molecule has 0 radical (unpaired) electrons. The number of pyridine rings is 1. The van der Waals surface area contributed by atoms with E-state index in [1.807, 2.05) is 0 Å². The Balaban J connectivity index is 2.01. The number of hydrogen-bond acceptors (Lipinski definition) is 7. The molecule has 0 aliphatic rings. The van der Waals surface area contributed by atoms with Crippen molar-refractivity contribution in [1.29, 1.82) is 0 Å². The molecule has 0 aliphatic carbocycles. The highest BCUT2D eigenvalue weighted by Crippen LogP contribution is 2.22. The third kappa shape index (κ3) is 3.70. The van der Waals surface area contributed by atoms with E-state index in [1.165, 1.54) is 42.3 Å². The molecule has 28 heavy (non-hydrogen) atoms. The molecule has 10 nitrogen and oxygen atoms in total. The van der Waals surface area contributed by atoms with Gasteiger partial charge >= 0.3 is 0 Å². The average Bonchev–Trinajstić information content (AvgIpc) is 2.68. The van der Waals surface area contributed by atoms with E-state index in [9.17, 15) is 19.7 Å². The lowest BCUT2D eigenvalue weighted by Gasteiger charge is -2.11. The Morgan fingerprint density at radius 1 is 1.25 bits per heavy atom. The van der Waals surface area contributed by atoms with E-state index in [2.05, 4.69) is 15.4 Å². The number of benzene rings is 1. The first kappa shape index (κ1) is 18.7. The smallest absolute Gasteiger partial charge is 0.294 e. The summed E-state index contributed by atoms with van der Waals surface area (Å²) in [5.74, 6) is -0.394. The summed E-state index contributed by atoms with van der Waals surface area (Å²) in [6.07, 6.45) is 1.37. The third-order valence-corrected chi connectivity index (χ3v) is 3.83. The summed E-state index contributed by atoms with van der Waals surface area (Å²) in [6.45, 7) is 1.57. The maximum Gasteiger partial charge on any atom is 0.294 e. The van der Waals surface area contributed by atoms with Crippen LogP contribution in [0.1, 0.15) is 16.2 Å². The van der Waals surface area contributed by atoms with Gasteiger partial charge in [-0.1, -0.05) is 12.1 Å². The van der Waals surface area contributed by atoms with Crippen molar-refractivity contribution in [1.82, 2.24) is 14.8 Å². The van der Waals surface area contributed by atoms with Crippen molar-refractivity contribution in [2.45, 2.75) is 6.92 Å². The Labute approximate surface area is 158 Å². The predicted molar refractivity (Wildman–Crippen MR) is 100.0 cm³/mol. The molecule has 0 unspecified atom stereocenters. The summed E-state index contributed by atoms with van der Waals surface area (Å²) in [5, 5.41) is 17.9. The van der Waals surface area contributed by atoms with Gasteiger partial charge in [0.25, 0.3) is 11.6 Å². The fourth-order valence-electron chi connectivity index (χ4n) is 2.51. The van der Waals surface area contributed by atoms with Crippen LogP contribution in [0.4, 0.5) is 11.4 Å². The average molecular weight is 381 g/mol. The SMILES string of the molecule is COc1ccc(NC(=O)c2nn(-c3ccccc3[N+](=O)[O-])c(C)cc2=O)cn1. The zero-order valence-corrected chi connectivity index (χ0v) is 14.9. The van der Waals surface area contributed by atoms with Crippen LogP contribution in [0.2, 0.25) is 0 Å². The zero-order valence-electron chi connectivity index (χ0n) is 14.9. The second-order valence-electron chi connectivity index (χ2n) is 5.70. The molecule has 1 amide bonds. The number of methoxy groups -OCH3 is 1. The predicted octanol–water partition coefficient (Wildman–Crippen LogP) is 2.11. The molecular weight excluding hydrogens is 366 g/mol. The highest BCUT2D eigenvalue weighted by Gasteiger charge is 2.20. The summed E-state index contributed by atoms with van der Waals surface area (Å²) in [5.41, 5.74) is -0.379. The van der Waals surface area contributed by atoms with E-state index in [1.54, 1.807) is 25.1 Å². The first-order chi connectivity index (χ1) is 13.4. The second-order valence-corrected chi connectivity index (χ2v) is 5.70. The Morgan fingerprint density at radius 3 is 2.64 bits per heavy atom. The molecule has 142 valence electrons. The number of nitro groups is 1. The number of aryl methyl sites for hydroxylation is 1. The minimum Gasteiger partial charge on any atom is -0.481 e. The normalized spacial score (nSPS) is 10.4. The summed E-state index contributed by atoms with van der Waals surface area (Å²) < 4.78 is 6.14. The highest BCUT2D eigenvalue weighted by atomic mass is 16.6. The van der Waals surface area contributed by atoms with Gasteiger partial charge in [-0.2, -0.15) is 5.10 Å². The number of nitrogens with one attached hydrogen (secondary N) is 1. The number of carbonyl (C=O) groups excluding carboxylic acids is 1. The molecule has 1 aromatic carbocycles. The molecule has 0 saturated heterocycles. The number of rotatable bonds is 5. The van der Waals surface area contributed by atoms with Crippen LogP contribution in [-0.2, 0) is 0 Å². The monoisotopic (exact) mass is 381 g/mol. The molecule has 10 heteroatoms. The van der Waals surface area contributed by atoms with Crippen molar-refractivity contribution < 1.29 is 14.5 Å². The van der Waals surface area contributed by atoms with Gasteiger partial charge in [-0.25, -0.2) is 9.67 Å². The maximum absolute atomic E-state index is 12.5. The summed E-state index contributed by atoms with van der Waals surface area (Å²) in [4.78, 5) is 39.5. The Hall–Kier alpha value is -4.08. The van der Waals surface area contributed by atoms with Gasteiger partial charge in [0.2, 0.25) is 11.3 Å². The summed E-state index contributed by atoms with van der Waals surface area (Å²) in [7, 11) is 1.46. The number of nitro benzene ring substituents is 1. The quantitative estimate of drug-likeness (QED) is 0.529. The maximum atomic E-state index is 12.5. The van der Waals surface area contributed by atoms with E-state index in [4.69, 9.17) is 4.74 Å². The lowest BCUT2D eigenvalue weighted by atomic mass is 10.2. The standard InChI is InChI=1S/C18H15N5O5/c1-11-9-15(24)17(18(25)20-12-7-8-16(28-2)19-10-12)21-22(11)13-5-3-4-6-14(13)23(26)27/h3-10H,1-2H3,(H,20,25). The van der Waals surface area contributed by atoms with Crippen LogP contribution in [0.15, 0.2) is 53.5 Å². The van der Waals surface area contributed by atoms with Gasteiger partial charge in [-0.05, 0) is 19.1 Å². The van der Waals surface area contributed by atoms with Gasteiger partial charge in [0.1, 0.15) is 5.69 Å². The van der Waals surface area contributed by atoms with Crippen molar-refractivity contribution in [2.75, 3.05) is 12.4 Å². The molecule has 3 aromatic rings. The second kappa shape index (κ2) is 7.66. The Kier molecular flexibility index (Phi) is 5.12. The zero-order chi connectivity index (χ0) is 20.3. The lowest BCUT2D eigenvalue weighted by Crippen LogP contribution is -2.27. The van der Waals surface area contributed by atoms with Gasteiger partial charge in [-0.15, -0.1) is 0 Å². The van der Waals surface area contributed by atoms with Crippen molar-refractivity contribution in [3.63, 3.8) is 0 Å². The fraction of sp³-hybridized carbons (Fsp3) is 0.111. The minimum absolute atomic E-state index is 0.144. The van der Waals surface area contributed by atoms with Gasteiger partial charge in [0, 0.05) is 23.9 Å². The van der Waals surface area contributed by atoms with Crippen LogP contribution in [0.25, 0.3) is 5.69 Å². The van der Waals surface area contributed by atoms with Crippen LogP contribution in [-0.4, -0.2) is 32.7 Å². The molecule has 0 bridgehead atoms. The van der Waals surface area contributed by atoms with Crippen molar-refractivity contribution in [3.05, 3.63) is 80.4 Å². The van der Waals surface area contributed by atoms with Gasteiger partial charge in [0.05, 0.1) is 23.9 Å². The number of amides is 1. The topological polar surface area (TPSA) is 129 Å². The molecule has 2 aromatic heterocycles. The van der Waals surface area contributed by atoms with Crippen molar-refractivity contribution in [3.8, 4) is 11.6 Å². The van der Waals surface area contributed by atoms with E-state index in [0.29, 0.717) is 17.3 Å². The third-order valence-electron chi connectivity index (χ3n) is 3.83. The van der Waals surface area contributed by atoms with E-state index >= 15 is 0 Å². The van der Waals surface area contributed by atoms with Gasteiger partial charge in [-0.3, -0.25) is 19.7 Å². The number of ether oxygens (including phenoxy) is 1. The highest BCUT2D eigenvalue weighted by molar-refractivity contribution is 6.02. The van der Waals surface area contributed by atoms with Crippen LogP contribution in [0.3, 0.4) is 0 Å². The molecule has 0 atom stereocenters. The molecule has 0 aliphatic heterocycles. The van der Waals surface area contributed by atoms with E-state index in [-0.39, 0.29) is 11.4 Å². The molecule has 1 N–H and O–H groups in total. The molecule has 3 rings (SSSR count). The summed E-state index contributed by atoms with van der Waals surface area (Å²) in [6, 6.07) is 10.2. The van der Waals surface area contributed by atoms with E-state index < -0.39 is 22.0 Å². The number of para-hydroxylation sites is 2. The Morgan fingerprint density at radius 2 is 2.00 bits per heavy atom. The number of aromatic nitrogens is 3. The first-order valence-corrected chi connectivity index (χ1v) is 8.07. The minimum atomic E-state index is -0.760. The Bertz CT molecular complexity index is 1110. The van der Waals surface area contributed by atoms with E-state index in [0.717, 1.165) is 0 Å². The molecule has 0 saturated carbocycles. The molecular formula is C18H15N5O5. The number of hydrogen-bond donors (Lipinski definition) is 1. The molecule has 0 fully saturated rings. The van der Waals surface area contributed by atoms with Gasteiger partial charge < -0.3 is 10.1 Å². The molecule has 0 spiro atoms. The van der Waals surface area contributed by atoms with Crippen molar-refractivity contribution in [2.24, 2.45) is 0 Å². The molecule has 2 heterocycles. The largest absolute Gasteiger partial charge is 0.481 e. The number of anilines is 1. The van der Waals surface area contributed by atoms with Crippen LogP contribution < -0.4 is 15.5 Å². The van der Waals surface area contributed by atoms with Crippen LogP contribution in [0.5, 0.6) is 5.88 Å². The fourth-order valence-corrected chi connectivity index (χ4v) is 2.51. The van der Waals surface area contributed by atoms with Crippen LogP contribution in [0, 0.1) is 17.0 Å². The van der Waals surface area contributed by atoms with Crippen LogP contribution >= 0.6 is 0 Å². The lowest BCUT2D eigenvalue weighted by molar-refractivity contribution is -0.384. The number of nitrogens with zero attached hydrogens (tertiary/aromatic N) is 4. The number of carbonyl (C=O) groups is 1. The van der Waals surface area contributed by atoms with Crippen molar-refractivity contribution >= 4 is 17.3 Å². The first-order valence-electron chi connectivity index (χ1n) is 8.07.